The Balaban J connectivity index is 1.84. The van der Waals surface area contributed by atoms with E-state index >= 15 is 0 Å². The molecule has 0 saturated heterocycles. The van der Waals surface area contributed by atoms with Gasteiger partial charge in [0.05, 0.1) is 10.6 Å². The summed E-state index contributed by atoms with van der Waals surface area (Å²) in [5, 5.41) is 5.10. The lowest BCUT2D eigenvalue weighted by Crippen LogP contribution is -2.27. The second-order valence-corrected chi connectivity index (χ2v) is 8.92. The zero-order chi connectivity index (χ0) is 17.7. The standard InChI is InChI=1S/C15H18BrN3O3S2/c1-10(2)13-9-23-15(18-13)19-14(20)7-8-17-24(21,22)12-5-3-11(16)4-6-12/h3-6,9-10,17H,7-8H2,1-2H3,(H,18,19,20). The average molecular weight is 432 g/mol. The first-order valence-corrected chi connectivity index (χ1v) is 10.4. The van der Waals surface area contributed by atoms with E-state index in [2.05, 4.69) is 31.0 Å². The van der Waals surface area contributed by atoms with Crippen LogP contribution in [0.2, 0.25) is 0 Å². The van der Waals surface area contributed by atoms with Gasteiger partial charge >= 0.3 is 0 Å². The molecular weight excluding hydrogens is 414 g/mol. The van der Waals surface area contributed by atoms with Crippen molar-refractivity contribution in [2.75, 3.05) is 11.9 Å². The highest BCUT2D eigenvalue weighted by Crippen LogP contribution is 2.21. The Bertz CT molecular complexity index is 802. The Hall–Kier alpha value is -1.29. The monoisotopic (exact) mass is 431 g/mol. The molecule has 0 radical (unpaired) electrons. The first-order valence-electron chi connectivity index (χ1n) is 7.28. The number of nitrogens with one attached hydrogen (secondary N) is 2. The number of benzene rings is 1. The van der Waals surface area contributed by atoms with E-state index in [1.807, 2.05) is 19.2 Å². The van der Waals surface area contributed by atoms with Crippen molar-refractivity contribution >= 4 is 48.3 Å². The number of rotatable bonds is 7. The number of thiazole rings is 1. The summed E-state index contributed by atoms with van der Waals surface area (Å²) in [6.07, 6.45) is 0.0341. The SMILES string of the molecule is CC(C)c1csc(NC(=O)CCNS(=O)(=O)c2ccc(Br)cc2)n1. The molecule has 6 nitrogen and oxygen atoms in total. The van der Waals surface area contributed by atoms with Gasteiger partial charge in [-0.3, -0.25) is 4.79 Å². The molecule has 0 aliphatic heterocycles. The van der Waals surface area contributed by atoms with E-state index in [0.717, 1.165) is 10.2 Å². The zero-order valence-electron chi connectivity index (χ0n) is 13.2. The van der Waals surface area contributed by atoms with Crippen molar-refractivity contribution in [3.05, 3.63) is 39.8 Å². The maximum Gasteiger partial charge on any atom is 0.240 e. The maximum atomic E-state index is 12.1. The van der Waals surface area contributed by atoms with E-state index in [4.69, 9.17) is 0 Å². The van der Waals surface area contributed by atoms with Crippen LogP contribution in [0.1, 0.15) is 31.9 Å². The lowest BCUT2D eigenvalue weighted by atomic mass is 10.2. The summed E-state index contributed by atoms with van der Waals surface area (Å²) in [7, 11) is -3.62. The van der Waals surface area contributed by atoms with Gasteiger partial charge in [-0.1, -0.05) is 29.8 Å². The minimum atomic E-state index is -3.62. The number of sulfonamides is 1. The van der Waals surface area contributed by atoms with Crippen LogP contribution in [0.5, 0.6) is 0 Å². The van der Waals surface area contributed by atoms with Gasteiger partial charge in [-0.15, -0.1) is 11.3 Å². The van der Waals surface area contributed by atoms with Gasteiger partial charge in [-0.25, -0.2) is 18.1 Å². The third kappa shape index (κ3) is 5.37. The van der Waals surface area contributed by atoms with Crippen molar-refractivity contribution in [2.45, 2.75) is 31.1 Å². The highest BCUT2D eigenvalue weighted by Gasteiger charge is 2.14. The molecule has 0 aliphatic rings. The highest BCUT2D eigenvalue weighted by atomic mass is 79.9. The minimum Gasteiger partial charge on any atom is -0.302 e. The summed E-state index contributed by atoms with van der Waals surface area (Å²) in [5.74, 6) is 0.0165. The van der Waals surface area contributed by atoms with Crippen LogP contribution in [-0.4, -0.2) is 25.9 Å². The molecule has 2 aromatic rings. The molecule has 0 unspecified atom stereocenters. The van der Waals surface area contributed by atoms with E-state index in [1.54, 1.807) is 12.1 Å². The Morgan fingerprint density at radius 2 is 1.96 bits per heavy atom. The summed E-state index contributed by atoms with van der Waals surface area (Å²) in [6, 6.07) is 6.29. The van der Waals surface area contributed by atoms with Crippen LogP contribution in [-0.2, 0) is 14.8 Å². The van der Waals surface area contributed by atoms with Crippen LogP contribution < -0.4 is 10.0 Å². The second kappa shape index (κ2) is 8.19. The van der Waals surface area contributed by atoms with Gasteiger partial charge in [0.2, 0.25) is 15.9 Å². The molecular formula is C15H18BrN3O3S2. The van der Waals surface area contributed by atoms with Gasteiger partial charge in [-0.05, 0) is 30.2 Å². The predicted octanol–water partition coefficient (Wildman–Crippen LogP) is 3.34. The molecule has 9 heteroatoms. The first kappa shape index (κ1) is 19.0. The molecule has 0 spiro atoms. The summed E-state index contributed by atoms with van der Waals surface area (Å²) in [6.45, 7) is 4.07. The number of carbonyl (C=O) groups is 1. The minimum absolute atomic E-state index is 0.0205. The lowest BCUT2D eigenvalue weighted by molar-refractivity contribution is -0.116. The smallest absolute Gasteiger partial charge is 0.240 e. The molecule has 1 amide bonds. The number of hydrogen-bond donors (Lipinski definition) is 2. The van der Waals surface area contributed by atoms with E-state index in [0.29, 0.717) is 11.0 Å². The number of aromatic nitrogens is 1. The van der Waals surface area contributed by atoms with Crippen molar-refractivity contribution in [1.29, 1.82) is 0 Å². The Morgan fingerprint density at radius 1 is 1.29 bits per heavy atom. The van der Waals surface area contributed by atoms with Gasteiger partial charge in [-0.2, -0.15) is 0 Å². The molecule has 0 aliphatic carbocycles. The number of halogens is 1. The van der Waals surface area contributed by atoms with E-state index in [-0.39, 0.29) is 23.8 Å². The van der Waals surface area contributed by atoms with Crippen LogP contribution in [0.3, 0.4) is 0 Å². The number of anilines is 1. The number of amides is 1. The Labute approximate surface area is 153 Å². The normalized spacial score (nSPS) is 11.7. The summed E-state index contributed by atoms with van der Waals surface area (Å²) in [4.78, 5) is 16.3. The Kier molecular flexibility index (Phi) is 6.50. The first-order chi connectivity index (χ1) is 11.3. The molecule has 0 fully saturated rings. The van der Waals surface area contributed by atoms with Gasteiger partial charge in [0.25, 0.3) is 0 Å². The summed E-state index contributed by atoms with van der Waals surface area (Å²) >= 11 is 4.61. The summed E-state index contributed by atoms with van der Waals surface area (Å²) < 4.78 is 27.4. The number of carbonyl (C=O) groups excluding carboxylic acids is 1. The van der Waals surface area contributed by atoms with Crippen molar-refractivity contribution in [2.24, 2.45) is 0 Å². The highest BCUT2D eigenvalue weighted by molar-refractivity contribution is 9.10. The largest absolute Gasteiger partial charge is 0.302 e. The third-order valence-electron chi connectivity index (χ3n) is 3.13. The van der Waals surface area contributed by atoms with Crippen molar-refractivity contribution in [3.8, 4) is 0 Å². The van der Waals surface area contributed by atoms with Crippen LogP contribution in [0, 0.1) is 0 Å². The molecule has 0 saturated carbocycles. The quantitative estimate of drug-likeness (QED) is 0.703. The van der Waals surface area contributed by atoms with Gasteiger partial charge in [0, 0.05) is 22.8 Å². The molecule has 2 N–H and O–H groups in total. The fourth-order valence-electron chi connectivity index (χ4n) is 1.79. The molecule has 1 aromatic heterocycles. The second-order valence-electron chi connectivity index (χ2n) is 5.38. The van der Waals surface area contributed by atoms with Crippen LogP contribution in [0.25, 0.3) is 0 Å². The molecule has 0 atom stereocenters. The zero-order valence-corrected chi connectivity index (χ0v) is 16.5. The van der Waals surface area contributed by atoms with Crippen LogP contribution >= 0.6 is 27.3 Å². The summed E-state index contributed by atoms with van der Waals surface area (Å²) in [5.41, 5.74) is 0.922. The molecule has 1 aromatic carbocycles. The molecule has 1 heterocycles. The maximum absolute atomic E-state index is 12.1. The van der Waals surface area contributed by atoms with E-state index < -0.39 is 10.0 Å². The number of hydrogen-bond acceptors (Lipinski definition) is 5. The fraction of sp³-hybridized carbons (Fsp3) is 0.333. The van der Waals surface area contributed by atoms with E-state index in [9.17, 15) is 13.2 Å². The molecule has 2 rings (SSSR count). The predicted molar refractivity (Wildman–Crippen MR) is 98.8 cm³/mol. The van der Waals surface area contributed by atoms with Gasteiger partial charge < -0.3 is 5.32 Å². The fourth-order valence-corrected chi connectivity index (χ4v) is 3.97. The van der Waals surface area contributed by atoms with Crippen LogP contribution in [0.4, 0.5) is 5.13 Å². The molecule has 0 bridgehead atoms. The van der Waals surface area contributed by atoms with Crippen LogP contribution in [0.15, 0.2) is 39.0 Å². The van der Waals surface area contributed by atoms with Gasteiger partial charge in [0.15, 0.2) is 5.13 Å². The van der Waals surface area contributed by atoms with Crippen molar-refractivity contribution in [1.82, 2.24) is 9.71 Å². The van der Waals surface area contributed by atoms with Crippen molar-refractivity contribution in [3.63, 3.8) is 0 Å². The average Bonchev–Trinajstić information content (AvgIpc) is 2.96. The third-order valence-corrected chi connectivity index (χ3v) is 5.91. The Morgan fingerprint density at radius 3 is 2.54 bits per heavy atom. The lowest BCUT2D eigenvalue weighted by Gasteiger charge is -2.07. The molecule has 24 heavy (non-hydrogen) atoms. The van der Waals surface area contributed by atoms with Gasteiger partial charge in [0.1, 0.15) is 0 Å². The topological polar surface area (TPSA) is 88.2 Å². The number of nitrogens with zero attached hydrogens (tertiary/aromatic N) is 1. The van der Waals surface area contributed by atoms with Crippen molar-refractivity contribution < 1.29 is 13.2 Å². The molecule has 130 valence electrons. The van der Waals surface area contributed by atoms with E-state index in [1.165, 1.54) is 23.5 Å².